The van der Waals surface area contributed by atoms with Gasteiger partial charge in [-0.2, -0.15) is 0 Å². The summed E-state index contributed by atoms with van der Waals surface area (Å²) in [4.78, 5) is 18.2. The van der Waals surface area contributed by atoms with Gasteiger partial charge in [-0.25, -0.2) is 9.66 Å². The summed E-state index contributed by atoms with van der Waals surface area (Å²) >= 11 is 3.02. The highest BCUT2D eigenvalue weighted by Crippen LogP contribution is 2.31. The quantitative estimate of drug-likeness (QED) is 0.226. The maximum atomic E-state index is 12.8. The van der Waals surface area contributed by atoms with Gasteiger partial charge in [0, 0.05) is 16.7 Å². The molecule has 0 atom stereocenters. The number of hydrogen-bond donors (Lipinski definition) is 1. The molecular formula is C21H19N3OS2. The molecule has 0 amide bonds. The molecule has 2 aromatic heterocycles. The van der Waals surface area contributed by atoms with Crippen molar-refractivity contribution in [2.75, 3.05) is 11.6 Å². The minimum Gasteiger partial charge on any atom is -0.334 e. The van der Waals surface area contributed by atoms with Gasteiger partial charge in [0.2, 0.25) is 0 Å². The summed E-state index contributed by atoms with van der Waals surface area (Å²) in [6.07, 6.45) is 2.00. The fourth-order valence-corrected chi connectivity index (χ4v) is 4.85. The van der Waals surface area contributed by atoms with E-state index < -0.39 is 0 Å². The van der Waals surface area contributed by atoms with Crippen LogP contribution < -0.4 is 11.4 Å². The van der Waals surface area contributed by atoms with Crippen LogP contribution in [0.3, 0.4) is 0 Å². The topological polar surface area (TPSA) is 60.9 Å². The fraction of sp³-hybridized carbons (Fsp3) is 0.143. The molecule has 0 spiro atoms. The van der Waals surface area contributed by atoms with Gasteiger partial charge in [-0.15, -0.1) is 11.3 Å². The number of hydrogen-bond acceptors (Lipinski definition) is 5. The van der Waals surface area contributed by atoms with Gasteiger partial charge in [-0.1, -0.05) is 72.4 Å². The highest BCUT2D eigenvalue weighted by atomic mass is 32.2. The summed E-state index contributed by atoms with van der Waals surface area (Å²) < 4.78 is 1.19. The molecule has 4 nitrogen and oxygen atoms in total. The Morgan fingerprint density at radius 2 is 1.74 bits per heavy atom. The molecule has 0 unspecified atom stereocenters. The molecule has 0 fully saturated rings. The third-order valence-electron chi connectivity index (χ3n) is 4.38. The van der Waals surface area contributed by atoms with Crippen LogP contribution in [0, 0.1) is 0 Å². The largest absolute Gasteiger partial charge is 0.334 e. The van der Waals surface area contributed by atoms with Gasteiger partial charge in [0.25, 0.3) is 5.56 Å². The Hall–Kier alpha value is -2.57. The van der Waals surface area contributed by atoms with Gasteiger partial charge in [0.15, 0.2) is 5.16 Å². The molecule has 0 saturated carbocycles. The van der Waals surface area contributed by atoms with E-state index in [9.17, 15) is 4.79 Å². The summed E-state index contributed by atoms with van der Waals surface area (Å²) in [7, 11) is 0. The molecule has 0 aliphatic carbocycles. The molecule has 2 heterocycles. The van der Waals surface area contributed by atoms with Crippen LogP contribution in [0.5, 0.6) is 0 Å². The minimum absolute atomic E-state index is 0.189. The third-order valence-corrected chi connectivity index (χ3v) is 6.29. The lowest BCUT2D eigenvalue weighted by Gasteiger charge is -2.07. The Labute approximate surface area is 165 Å². The zero-order chi connectivity index (χ0) is 18.6. The Balaban J connectivity index is 1.55. The number of nitrogens with two attached hydrogens (primary N) is 1. The normalized spacial score (nSPS) is 11.1. The maximum absolute atomic E-state index is 12.8. The molecule has 0 saturated heterocycles. The molecule has 27 heavy (non-hydrogen) atoms. The van der Waals surface area contributed by atoms with Crippen LogP contribution in [0.25, 0.3) is 21.3 Å². The second-order valence-electron chi connectivity index (χ2n) is 6.20. The van der Waals surface area contributed by atoms with Crippen molar-refractivity contribution >= 4 is 33.3 Å². The van der Waals surface area contributed by atoms with Crippen molar-refractivity contribution in [3.8, 4) is 11.1 Å². The lowest BCUT2D eigenvalue weighted by Crippen LogP contribution is -2.29. The minimum atomic E-state index is -0.189. The predicted octanol–water partition coefficient (Wildman–Crippen LogP) is 4.56. The molecule has 4 rings (SSSR count). The number of thioether (sulfide) groups is 1. The first kappa shape index (κ1) is 17.8. The molecular weight excluding hydrogens is 374 g/mol. The fourth-order valence-electron chi connectivity index (χ4n) is 3.00. The summed E-state index contributed by atoms with van der Waals surface area (Å²) in [5.74, 6) is 6.94. The van der Waals surface area contributed by atoms with E-state index in [4.69, 9.17) is 5.84 Å². The summed E-state index contributed by atoms with van der Waals surface area (Å²) in [6.45, 7) is 0. The van der Waals surface area contributed by atoms with Crippen LogP contribution in [0.2, 0.25) is 0 Å². The second kappa shape index (κ2) is 7.98. The zero-order valence-electron chi connectivity index (χ0n) is 14.7. The van der Waals surface area contributed by atoms with Crippen molar-refractivity contribution < 1.29 is 0 Å². The number of fused-ring (bicyclic) bond motifs is 1. The Bertz CT molecular complexity index is 1100. The van der Waals surface area contributed by atoms with E-state index in [1.165, 1.54) is 33.3 Å². The van der Waals surface area contributed by atoms with Gasteiger partial charge in [0.1, 0.15) is 4.83 Å². The first-order chi connectivity index (χ1) is 13.2. The van der Waals surface area contributed by atoms with Crippen molar-refractivity contribution in [3.63, 3.8) is 0 Å². The molecule has 4 aromatic rings. The summed E-state index contributed by atoms with van der Waals surface area (Å²) in [6, 6.07) is 20.3. The highest BCUT2D eigenvalue weighted by Gasteiger charge is 2.16. The molecule has 2 aromatic carbocycles. The van der Waals surface area contributed by atoms with Crippen LogP contribution in [0.15, 0.2) is 76.0 Å². The Morgan fingerprint density at radius 1 is 1.04 bits per heavy atom. The maximum Gasteiger partial charge on any atom is 0.282 e. The number of nitrogens with zero attached hydrogens (tertiary/aromatic N) is 2. The lowest BCUT2D eigenvalue weighted by molar-refractivity contribution is 0.780. The first-order valence-corrected chi connectivity index (χ1v) is 10.6. The van der Waals surface area contributed by atoms with Gasteiger partial charge in [0.05, 0.1) is 5.39 Å². The van der Waals surface area contributed by atoms with Crippen LogP contribution in [0.1, 0.15) is 12.0 Å². The second-order valence-corrected chi connectivity index (χ2v) is 8.12. The summed E-state index contributed by atoms with van der Waals surface area (Å²) in [5, 5.41) is 3.16. The van der Waals surface area contributed by atoms with Gasteiger partial charge < -0.3 is 5.84 Å². The number of nitrogen functional groups attached to an aromatic ring is 1. The molecule has 0 aliphatic heterocycles. The van der Waals surface area contributed by atoms with Crippen LogP contribution in [0.4, 0.5) is 0 Å². The monoisotopic (exact) mass is 393 g/mol. The number of thiophene rings is 1. The molecule has 0 aliphatic rings. The van der Waals surface area contributed by atoms with E-state index in [0.717, 1.165) is 34.6 Å². The average molecular weight is 394 g/mol. The zero-order valence-corrected chi connectivity index (χ0v) is 16.3. The van der Waals surface area contributed by atoms with Gasteiger partial charge in [-0.05, 0) is 24.0 Å². The van der Waals surface area contributed by atoms with Crippen LogP contribution in [-0.2, 0) is 6.42 Å². The number of aryl methyl sites for hydroxylation is 1. The number of benzene rings is 2. The van der Waals surface area contributed by atoms with E-state index in [-0.39, 0.29) is 5.56 Å². The summed E-state index contributed by atoms with van der Waals surface area (Å²) in [5.41, 5.74) is 3.03. The Morgan fingerprint density at radius 3 is 2.48 bits per heavy atom. The molecule has 6 heteroatoms. The van der Waals surface area contributed by atoms with Crippen molar-refractivity contribution in [3.05, 3.63) is 82.0 Å². The number of aromatic nitrogens is 2. The van der Waals surface area contributed by atoms with Crippen molar-refractivity contribution in [2.24, 2.45) is 0 Å². The van der Waals surface area contributed by atoms with Crippen LogP contribution >= 0.6 is 23.1 Å². The van der Waals surface area contributed by atoms with Crippen molar-refractivity contribution in [2.45, 2.75) is 18.0 Å². The first-order valence-electron chi connectivity index (χ1n) is 8.75. The average Bonchev–Trinajstić information content (AvgIpc) is 3.14. The van der Waals surface area contributed by atoms with E-state index in [2.05, 4.69) is 29.2 Å². The Kier molecular flexibility index (Phi) is 5.27. The standard InChI is InChI=1S/C21H19N3OS2/c22-24-20(25)18-17(16-11-5-2-6-12-16)14-27-19(18)23-21(24)26-13-7-10-15-8-3-1-4-9-15/h1-6,8-9,11-12,14H,7,10,13,22H2. The van der Waals surface area contributed by atoms with Gasteiger partial charge >= 0.3 is 0 Å². The third kappa shape index (κ3) is 3.77. The van der Waals surface area contributed by atoms with E-state index in [1.54, 1.807) is 0 Å². The van der Waals surface area contributed by atoms with Crippen molar-refractivity contribution in [1.82, 2.24) is 9.66 Å². The number of rotatable bonds is 6. The van der Waals surface area contributed by atoms with Crippen LogP contribution in [-0.4, -0.2) is 15.4 Å². The van der Waals surface area contributed by atoms with Gasteiger partial charge in [-0.3, -0.25) is 4.79 Å². The van der Waals surface area contributed by atoms with E-state index >= 15 is 0 Å². The lowest BCUT2D eigenvalue weighted by atomic mass is 10.1. The highest BCUT2D eigenvalue weighted by molar-refractivity contribution is 7.99. The molecule has 0 bridgehead atoms. The van der Waals surface area contributed by atoms with E-state index in [1.807, 2.05) is 41.8 Å². The SMILES string of the molecule is Nn1c(SCCCc2ccccc2)nc2scc(-c3ccccc3)c2c1=O. The smallest absolute Gasteiger partial charge is 0.282 e. The molecule has 0 radical (unpaired) electrons. The predicted molar refractivity (Wildman–Crippen MR) is 115 cm³/mol. The molecule has 136 valence electrons. The van der Waals surface area contributed by atoms with Crippen molar-refractivity contribution in [1.29, 1.82) is 0 Å². The van der Waals surface area contributed by atoms with E-state index in [0.29, 0.717) is 10.5 Å². The molecule has 2 N–H and O–H groups in total.